The Morgan fingerprint density at radius 3 is 2.75 bits per heavy atom. The molecule has 0 aliphatic rings. The van der Waals surface area contributed by atoms with Gasteiger partial charge in [-0.2, -0.15) is 4.98 Å². The molecule has 0 saturated carbocycles. The van der Waals surface area contributed by atoms with Crippen LogP contribution in [0.25, 0.3) is 0 Å². The Hall–Kier alpha value is -2.38. The lowest BCUT2D eigenvalue weighted by atomic mass is 10.3. The molecule has 20 heavy (non-hydrogen) atoms. The third kappa shape index (κ3) is 4.71. The first kappa shape index (κ1) is 15.7. The third-order valence-electron chi connectivity index (χ3n) is 2.35. The van der Waals surface area contributed by atoms with Crippen molar-refractivity contribution in [3.8, 4) is 5.88 Å². The predicted molar refractivity (Wildman–Crippen MR) is 73.8 cm³/mol. The number of nitrogens with zero attached hydrogens (tertiary/aromatic N) is 2. The van der Waals surface area contributed by atoms with E-state index in [1.165, 1.54) is 19.2 Å². The predicted octanol–water partition coefficient (Wildman–Crippen LogP) is 1.32. The third-order valence-corrected chi connectivity index (χ3v) is 2.35. The molecule has 0 unspecified atom stereocenters. The fourth-order valence-electron chi connectivity index (χ4n) is 1.51. The van der Waals surface area contributed by atoms with Crippen molar-refractivity contribution in [3.63, 3.8) is 0 Å². The summed E-state index contributed by atoms with van der Waals surface area (Å²) >= 11 is 0. The molecule has 0 spiro atoms. The molecule has 110 valence electrons. The zero-order chi connectivity index (χ0) is 15.1. The van der Waals surface area contributed by atoms with Gasteiger partial charge in [0.05, 0.1) is 12.0 Å². The molecule has 1 rings (SSSR count). The highest BCUT2D eigenvalue weighted by Gasteiger charge is 2.16. The number of pyridine rings is 1. The number of ether oxygens (including phenoxy) is 1. The number of anilines is 1. The molecule has 0 saturated heterocycles. The molecule has 0 aliphatic heterocycles. The molecule has 1 aromatic heterocycles. The Bertz CT molecular complexity index is 490. The quantitative estimate of drug-likeness (QED) is 0.577. The maximum Gasteiger partial charge on any atom is 0.311 e. The number of methoxy groups -OCH3 is 1. The molecular weight excluding hydrogens is 264 g/mol. The van der Waals surface area contributed by atoms with Crippen LogP contribution in [0.15, 0.2) is 12.1 Å². The first-order valence-electron chi connectivity index (χ1n) is 6.16. The van der Waals surface area contributed by atoms with Crippen LogP contribution < -0.4 is 15.4 Å². The molecule has 8 nitrogen and oxygen atoms in total. The van der Waals surface area contributed by atoms with E-state index in [-0.39, 0.29) is 42.3 Å². The van der Waals surface area contributed by atoms with Crippen LogP contribution >= 0.6 is 0 Å². The first-order valence-corrected chi connectivity index (χ1v) is 6.16. The zero-order valence-corrected chi connectivity index (χ0v) is 11.7. The SMILES string of the molecule is COc1ccc([N+](=O)[O-])c(NCCC(=O)NC(C)C)n1. The molecule has 0 bridgehead atoms. The van der Waals surface area contributed by atoms with Gasteiger partial charge in [-0.25, -0.2) is 0 Å². The Balaban J connectivity index is 2.66. The van der Waals surface area contributed by atoms with Crippen molar-refractivity contribution >= 4 is 17.4 Å². The van der Waals surface area contributed by atoms with Crippen LogP contribution in [0.2, 0.25) is 0 Å². The average Bonchev–Trinajstić information content (AvgIpc) is 2.37. The molecule has 1 heterocycles. The van der Waals surface area contributed by atoms with E-state index < -0.39 is 4.92 Å². The summed E-state index contributed by atoms with van der Waals surface area (Å²) in [5.74, 6) is 0.231. The van der Waals surface area contributed by atoms with Gasteiger partial charge in [-0.05, 0) is 13.8 Å². The van der Waals surface area contributed by atoms with E-state index in [2.05, 4.69) is 15.6 Å². The Labute approximate surface area is 116 Å². The molecule has 0 radical (unpaired) electrons. The maximum absolute atomic E-state index is 11.5. The van der Waals surface area contributed by atoms with Gasteiger partial charge in [0.1, 0.15) is 0 Å². The van der Waals surface area contributed by atoms with Gasteiger partial charge in [0.2, 0.25) is 17.6 Å². The smallest absolute Gasteiger partial charge is 0.311 e. The normalized spacial score (nSPS) is 10.2. The van der Waals surface area contributed by atoms with E-state index in [4.69, 9.17) is 4.74 Å². The van der Waals surface area contributed by atoms with Crippen molar-refractivity contribution in [2.75, 3.05) is 19.0 Å². The van der Waals surface area contributed by atoms with Gasteiger partial charge in [-0.15, -0.1) is 0 Å². The van der Waals surface area contributed by atoms with Crippen LogP contribution in [0.5, 0.6) is 5.88 Å². The topological polar surface area (TPSA) is 106 Å². The number of aromatic nitrogens is 1. The number of amides is 1. The Morgan fingerprint density at radius 1 is 1.50 bits per heavy atom. The van der Waals surface area contributed by atoms with Gasteiger partial charge in [0.15, 0.2) is 0 Å². The maximum atomic E-state index is 11.5. The van der Waals surface area contributed by atoms with E-state index in [0.29, 0.717) is 0 Å². The van der Waals surface area contributed by atoms with E-state index in [0.717, 1.165) is 0 Å². The van der Waals surface area contributed by atoms with Gasteiger partial charge < -0.3 is 15.4 Å². The highest BCUT2D eigenvalue weighted by Crippen LogP contribution is 2.24. The molecule has 0 fully saturated rings. The Kier molecular flexibility index (Phi) is 5.70. The monoisotopic (exact) mass is 282 g/mol. The van der Waals surface area contributed by atoms with Crippen LogP contribution in [0.1, 0.15) is 20.3 Å². The van der Waals surface area contributed by atoms with Crippen molar-refractivity contribution in [2.24, 2.45) is 0 Å². The van der Waals surface area contributed by atoms with Crippen molar-refractivity contribution in [1.29, 1.82) is 0 Å². The number of carbonyl (C=O) groups excluding carboxylic acids is 1. The standard InChI is InChI=1S/C12H18N4O4/c1-8(2)14-10(17)6-7-13-12-9(16(18)19)4-5-11(15-12)20-3/h4-5,8H,6-7H2,1-3H3,(H,13,15)(H,14,17). The second-order valence-electron chi connectivity index (χ2n) is 4.38. The van der Waals surface area contributed by atoms with Crippen molar-refractivity contribution < 1.29 is 14.5 Å². The van der Waals surface area contributed by atoms with E-state index in [1.807, 2.05) is 13.8 Å². The summed E-state index contributed by atoms with van der Waals surface area (Å²) < 4.78 is 4.92. The summed E-state index contributed by atoms with van der Waals surface area (Å²) in [6, 6.07) is 2.78. The first-order chi connectivity index (χ1) is 9.43. The van der Waals surface area contributed by atoms with Gasteiger partial charge >= 0.3 is 5.69 Å². The summed E-state index contributed by atoms with van der Waals surface area (Å²) in [5, 5.41) is 16.4. The average molecular weight is 282 g/mol. The highest BCUT2D eigenvalue weighted by atomic mass is 16.6. The molecule has 8 heteroatoms. The molecule has 0 atom stereocenters. The van der Waals surface area contributed by atoms with E-state index in [1.54, 1.807) is 0 Å². The van der Waals surface area contributed by atoms with Crippen LogP contribution in [0.3, 0.4) is 0 Å². The van der Waals surface area contributed by atoms with Gasteiger partial charge in [-0.1, -0.05) is 0 Å². The number of rotatable bonds is 7. The van der Waals surface area contributed by atoms with Crippen molar-refractivity contribution in [3.05, 3.63) is 22.2 Å². The van der Waals surface area contributed by atoms with Crippen molar-refractivity contribution in [2.45, 2.75) is 26.3 Å². The fourth-order valence-corrected chi connectivity index (χ4v) is 1.51. The summed E-state index contributed by atoms with van der Waals surface area (Å²) in [6.07, 6.45) is 0.203. The fraction of sp³-hybridized carbons (Fsp3) is 0.500. The minimum atomic E-state index is -0.539. The highest BCUT2D eigenvalue weighted by molar-refractivity contribution is 5.76. The molecular formula is C12H18N4O4. The van der Waals surface area contributed by atoms with Gasteiger partial charge in [-0.3, -0.25) is 14.9 Å². The van der Waals surface area contributed by atoms with Gasteiger partial charge in [0, 0.05) is 31.1 Å². The second kappa shape index (κ2) is 7.27. The summed E-state index contributed by atoms with van der Waals surface area (Å²) in [7, 11) is 1.42. The lowest BCUT2D eigenvalue weighted by Crippen LogP contribution is -2.31. The van der Waals surface area contributed by atoms with E-state index >= 15 is 0 Å². The zero-order valence-electron chi connectivity index (χ0n) is 11.7. The molecule has 1 aromatic rings. The van der Waals surface area contributed by atoms with Crippen LogP contribution in [0.4, 0.5) is 11.5 Å². The van der Waals surface area contributed by atoms with Gasteiger partial charge in [0.25, 0.3) is 0 Å². The summed E-state index contributed by atoms with van der Waals surface area (Å²) in [6.45, 7) is 3.97. The van der Waals surface area contributed by atoms with Crippen molar-refractivity contribution in [1.82, 2.24) is 10.3 Å². The summed E-state index contributed by atoms with van der Waals surface area (Å²) in [5.41, 5.74) is -0.157. The molecule has 2 N–H and O–H groups in total. The molecule has 0 aromatic carbocycles. The van der Waals surface area contributed by atoms with Crippen LogP contribution in [-0.2, 0) is 4.79 Å². The number of carbonyl (C=O) groups is 1. The Morgan fingerprint density at radius 2 is 2.20 bits per heavy atom. The summed E-state index contributed by atoms with van der Waals surface area (Å²) in [4.78, 5) is 25.7. The number of hydrogen-bond donors (Lipinski definition) is 2. The lowest BCUT2D eigenvalue weighted by Gasteiger charge is -2.10. The number of nitrogens with one attached hydrogen (secondary N) is 2. The van der Waals surface area contributed by atoms with E-state index in [9.17, 15) is 14.9 Å². The number of nitro groups is 1. The van der Waals surface area contributed by atoms with Crippen LogP contribution in [-0.4, -0.2) is 35.5 Å². The lowest BCUT2D eigenvalue weighted by molar-refractivity contribution is -0.384. The largest absolute Gasteiger partial charge is 0.481 e. The minimum absolute atomic E-state index is 0.0618. The van der Waals surface area contributed by atoms with Crippen LogP contribution in [0, 0.1) is 10.1 Å². The molecule has 0 aliphatic carbocycles. The molecule has 1 amide bonds. The minimum Gasteiger partial charge on any atom is -0.481 e. The number of hydrogen-bond acceptors (Lipinski definition) is 6. The second-order valence-corrected chi connectivity index (χ2v) is 4.38.